The summed E-state index contributed by atoms with van der Waals surface area (Å²) in [7, 11) is 1.44. The van der Waals surface area contributed by atoms with E-state index in [-0.39, 0.29) is 11.9 Å². The zero-order valence-electron chi connectivity index (χ0n) is 9.84. The van der Waals surface area contributed by atoms with E-state index in [1.54, 1.807) is 0 Å². The van der Waals surface area contributed by atoms with Crippen molar-refractivity contribution in [2.45, 2.75) is 30.9 Å². The Morgan fingerprint density at radius 1 is 1.60 bits per heavy atom. The maximum absolute atomic E-state index is 11.2. The third-order valence-corrected chi connectivity index (χ3v) is 4.62. The number of hydrogen-bond donors (Lipinski definition) is 1. The van der Waals surface area contributed by atoms with Crippen molar-refractivity contribution in [2.24, 2.45) is 5.92 Å². The highest BCUT2D eigenvalue weighted by atomic mass is 32.2. The summed E-state index contributed by atoms with van der Waals surface area (Å²) >= 11 is 1.95. The van der Waals surface area contributed by atoms with Crippen LogP contribution in [0.5, 0.6) is 0 Å². The molecule has 15 heavy (non-hydrogen) atoms. The maximum Gasteiger partial charge on any atom is 0.309 e. The van der Waals surface area contributed by atoms with E-state index < -0.39 is 0 Å². The first kappa shape index (κ1) is 12.8. The quantitative estimate of drug-likeness (QED) is 0.706. The number of esters is 1. The second-order valence-corrected chi connectivity index (χ2v) is 5.57. The number of nitrogens with one attached hydrogen (secondary N) is 1. The van der Waals surface area contributed by atoms with Gasteiger partial charge in [0.15, 0.2) is 0 Å². The highest BCUT2D eigenvalue weighted by Gasteiger charge is 2.35. The molecular weight excluding hydrogens is 210 g/mol. The lowest BCUT2D eigenvalue weighted by atomic mass is 9.84. The first-order valence-electron chi connectivity index (χ1n) is 5.47. The van der Waals surface area contributed by atoms with Crippen LogP contribution < -0.4 is 5.32 Å². The zero-order valence-corrected chi connectivity index (χ0v) is 10.7. The van der Waals surface area contributed by atoms with Crippen molar-refractivity contribution in [1.29, 1.82) is 0 Å². The Kier molecular flexibility index (Phi) is 4.93. The van der Waals surface area contributed by atoms with E-state index in [0.717, 1.165) is 13.1 Å². The number of rotatable bonds is 6. The molecule has 4 heteroatoms. The van der Waals surface area contributed by atoms with Crippen molar-refractivity contribution in [2.75, 3.05) is 26.5 Å². The van der Waals surface area contributed by atoms with Crippen molar-refractivity contribution in [1.82, 2.24) is 5.32 Å². The van der Waals surface area contributed by atoms with Crippen molar-refractivity contribution in [3.8, 4) is 0 Å². The number of thioether (sulfide) groups is 1. The van der Waals surface area contributed by atoms with Gasteiger partial charge in [-0.2, -0.15) is 11.8 Å². The Morgan fingerprint density at radius 2 is 2.27 bits per heavy atom. The SMILES string of the molecule is COC(=O)C(C)CNCC1(SC)CCC1. The summed E-state index contributed by atoms with van der Waals surface area (Å²) in [5, 5.41) is 3.37. The summed E-state index contributed by atoms with van der Waals surface area (Å²) in [5.74, 6) is -0.178. The average molecular weight is 231 g/mol. The Bertz CT molecular complexity index is 211. The molecule has 0 spiro atoms. The molecule has 1 N–H and O–H groups in total. The molecule has 88 valence electrons. The molecule has 1 aliphatic carbocycles. The molecular formula is C11H21NO2S. The lowest BCUT2D eigenvalue weighted by molar-refractivity contribution is -0.144. The van der Waals surface area contributed by atoms with Gasteiger partial charge in [0, 0.05) is 17.8 Å². The van der Waals surface area contributed by atoms with Gasteiger partial charge in [-0.1, -0.05) is 13.3 Å². The summed E-state index contributed by atoms with van der Waals surface area (Å²) in [6, 6.07) is 0. The Morgan fingerprint density at radius 3 is 2.67 bits per heavy atom. The Hall–Kier alpha value is -0.220. The minimum absolute atomic E-state index is 0.0472. The molecule has 0 radical (unpaired) electrons. The predicted octanol–water partition coefficient (Wildman–Crippen LogP) is 1.67. The third kappa shape index (κ3) is 3.38. The lowest BCUT2D eigenvalue weighted by Gasteiger charge is -2.40. The molecule has 0 heterocycles. The molecule has 3 nitrogen and oxygen atoms in total. The van der Waals surface area contributed by atoms with E-state index in [1.165, 1.54) is 26.4 Å². The number of ether oxygens (including phenoxy) is 1. The van der Waals surface area contributed by atoms with Crippen LogP contribution in [0.4, 0.5) is 0 Å². The monoisotopic (exact) mass is 231 g/mol. The van der Waals surface area contributed by atoms with Gasteiger partial charge >= 0.3 is 5.97 Å². The fourth-order valence-electron chi connectivity index (χ4n) is 1.83. The molecule has 1 rings (SSSR count). The molecule has 1 fully saturated rings. The van der Waals surface area contributed by atoms with Crippen molar-refractivity contribution in [3.63, 3.8) is 0 Å². The minimum Gasteiger partial charge on any atom is -0.469 e. The summed E-state index contributed by atoms with van der Waals surface area (Å²) in [6.45, 7) is 3.62. The summed E-state index contributed by atoms with van der Waals surface area (Å²) in [4.78, 5) is 11.2. The number of carbonyl (C=O) groups is 1. The molecule has 1 aliphatic rings. The van der Waals surface area contributed by atoms with E-state index >= 15 is 0 Å². The smallest absolute Gasteiger partial charge is 0.309 e. The number of hydrogen-bond acceptors (Lipinski definition) is 4. The normalized spacial score (nSPS) is 20.5. The van der Waals surface area contributed by atoms with Crippen LogP contribution in [-0.4, -0.2) is 37.2 Å². The second-order valence-electron chi connectivity index (χ2n) is 4.30. The van der Waals surface area contributed by atoms with Gasteiger partial charge in [-0.25, -0.2) is 0 Å². The molecule has 0 saturated heterocycles. The van der Waals surface area contributed by atoms with Gasteiger partial charge < -0.3 is 10.1 Å². The van der Waals surface area contributed by atoms with Gasteiger partial charge in [-0.3, -0.25) is 4.79 Å². The number of methoxy groups -OCH3 is 1. The fourth-order valence-corrected chi connectivity index (χ4v) is 2.77. The van der Waals surface area contributed by atoms with Gasteiger partial charge in [-0.15, -0.1) is 0 Å². The first-order valence-corrected chi connectivity index (χ1v) is 6.70. The van der Waals surface area contributed by atoms with Gasteiger partial charge in [0.2, 0.25) is 0 Å². The standard InChI is InChI=1S/C11H21NO2S/c1-9(10(13)14-2)7-12-8-11(15-3)5-4-6-11/h9,12H,4-8H2,1-3H3. The third-order valence-electron chi connectivity index (χ3n) is 3.20. The van der Waals surface area contributed by atoms with Crippen molar-refractivity contribution < 1.29 is 9.53 Å². The van der Waals surface area contributed by atoms with Crippen LogP contribution in [0, 0.1) is 5.92 Å². The fraction of sp³-hybridized carbons (Fsp3) is 0.909. The maximum atomic E-state index is 11.2. The molecule has 1 unspecified atom stereocenters. The van der Waals surface area contributed by atoms with Crippen LogP contribution in [0.1, 0.15) is 26.2 Å². The Labute approximate surface area is 96.3 Å². The van der Waals surface area contributed by atoms with Crippen LogP contribution in [-0.2, 0) is 9.53 Å². The van der Waals surface area contributed by atoms with E-state index in [9.17, 15) is 4.79 Å². The Balaban J connectivity index is 2.18. The van der Waals surface area contributed by atoms with Crippen LogP contribution in [0.3, 0.4) is 0 Å². The minimum atomic E-state index is -0.130. The van der Waals surface area contributed by atoms with Crippen LogP contribution >= 0.6 is 11.8 Å². The molecule has 0 aliphatic heterocycles. The molecule has 0 bridgehead atoms. The largest absolute Gasteiger partial charge is 0.469 e. The van der Waals surface area contributed by atoms with Crippen molar-refractivity contribution in [3.05, 3.63) is 0 Å². The number of carbonyl (C=O) groups excluding carboxylic acids is 1. The van der Waals surface area contributed by atoms with Gasteiger partial charge in [-0.05, 0) is 19.1 Å². The van der Waals surface area contributed by atoms with E-state index in [4.69, 9.17) is 0 Å². The molecule has 0 aromatic carbocycles. The van der Waals surface area contributed by atoms with Crippen LogP contribution in [0.25, 0.3) is 0 Å². The van der Waals surface area contributed by atoms with E-state index in [2.05, 4.69) is 16.3 Å². The predicted molar refractivity (Wildman–Crippen MR) is 64.1 cm³/mol. The highest BCUT2D eigenvalue weighted by Crippen LogP contribution is 2.42. The molecule has 1 atom stereocenters. The second kappa shape index (κ2) is 5.75. The van der Waals surface area contributed by atoms with Gasteiger partial charge in [0.05, 0.1) is 13.0 Å². The first-order chi connectivity index (χ1) is 7.13. The molecule has 0 aromatic heterocycles. The highest BCUT2D eigenvalue weighted by molar-refractivity contribution is 8.00. The summed E-state index contributed by atoms with van der Waals surface area (Å²) in [6.07, 6.45) is 6.11. The summed E-state index contributed by atoms with van der Waals surface area (Å²) < 4.78 is 5.12. The average Bonchev–Trinajstić information content (AvgIpc) is 2.20. The van der Waals surface area contributed by atoms with Crippen molar-refractivity contribution >= 4 is 17.7 Å². The molecule has 0 amide bonds. The topological polar surface area (TPSA) is 38.3 Å². The van der Waals surface area contributed by atoms with Gasteiger partial charge in [0.25, 0.3) is 0 Å². The molecule has 0 aromatic rings. The van der Waals surface area contributed by atoms with Crippen LogP contribution in [0.2, 0.25) is 0 Å². The van der Waals surface area contributed by atoms with Gasteiger partial charge in [0.1, 0.15) is 0 Å². The zero-order chi connectivity index (χ0) is 11.3. The van der Waals surface area contributed by atoms with Crippen LogP contribution in [0.15, 0.2) is 0 Å². The summed E-state index contributed by atoms with van der Waals surface area (Å²) in [5.41, 5.74) is 0. The van der Waals surface area contributed by atoms with E-state index in [1.807, 2.05) is 18.7 Å². The molecule has 1 saturated carbocycles. The van der Waals surface area contributed by atoms with E-state index in [0.29, 0.717) is 4.75 Å². The lowest BCUT2D eigenvalue weighted by Crippen LogP contribution is -2.44.